The molecule has 2 N–H and O–H groups in total. The minimum absolute atomic E-state index is 0.0487. The van der Waals surface area contributed by atoms with Crippen molar-refractivity contribution < 1.29 is 32.2 Å². The molecule has 0 aromatic carbocycles. The summed E-state index contributed by atoms with van der Waals surface area (Å²) in [5, 5.41) is 14.7. The number of anilines is 1. The molecule has 1 aliphatic rings. The van der Waals surface area contributed by atoms with Crippen molar-refractivity contribution in [2.75, 3.05) is 25.1 Å². The molecule has 1 saturated heterocycles. The van der Waals surface area contributed by atoms with E-state index in [9.17, 15) is 28.0 Å². The Bertz CT molecular complexity index is 1290. The van der Waals surface area contributed by atoms with Gasteiger partial charge in [0.2, 0.25) is 5.88 Å². The smallest absolute Gasteiger partial charge is 0.408 e. The van der Waals surface area contributed by atoms with E-state index in [0.717, 1.165) is 13.1 Å². The predicted molar refractivity (Wildman–Crippen MR) is 136 cm³/mol. The van der Waals surface area contributed by atoms with Gasteiger partial charge in [0.25, 0.3) is 5.91 Å². The Kier molecular flexibility index (Phi) is 8.28. The van der Waals surface area contributed by atoms with Gasteiger partial charge >= 0.3 is 12.3 Å². The summed E-state index contributed by atoms with van der Waals surface area (Å²) in [6.07, 6.45) is -2.34. The first-order valence-electron chi connectivity index (χ1n) is 12.1. The van der Waals surface area contributed by atoms with Gasteiger partial charge in [-0.3, -0.25) is 4.79 Å². The highest BCUT2D eigenvalue weighted by Crippen LogP contribution is 2.40. The van der Waals surface area contributed by atoms with Gasteiger partial charge in [0, 0.05) is 37.1 Å². The molecule has 0 spiro atoms. The lowest BCUT2D eigenvalue weighted by atomic mass is 9.98. The molecular weight excluding hydrogens is 517 g/mol. The topological polar surface area (TPSA) is 129 Å². The second-order valence-electron chi connectivity index (χ2n) is 10.5. The normalized spacial score (nSPS) is 18.2. The van der Waals surface area contributed by atoms with Crippen molar-refractivity contribution in [2.24, 2.45) is 0 Å². The molecule has 0 radical (unpaired) electrons. The van der Waals surface area contributed by atoms with Gasteiger partial charge in [0.15, 0.2) is 0 Å². The summed E-state index contributed by atoms with van der Waals surface area (Å²) in [6, 6.07) is 2.99. The number of hydrogen-bond acceptors (Lipinski definition) is 8. The quantitative estimate of drug-likeness (QED) is 0.550. The number of alkyl carbamates (subject to hydrolysis) is 1. The Morgan fingerprint density at radius 2 is 1.95 bits per heavy atom. The summed E-state index contributed by atoms with van der Waals surface area (Å²) < 4.78 is 50.4. The number of carbonyl (C=O) groups excluding carboxylic acids is 2. The molecule has 3 rings (SSSR count). The van der Waals surface area contributed by atoms with E-state index in [1.54, 1.807) is 38.7 Å². The number of amides is 2. The molecule has 0 saturated carbocycles. The number of alkyl halides is 3. The maximum atomic E-state index is 13.3. The molecule has 3 heterocycles. The molecule has 2 aromatic rings. The van der Waals surface area contributed by atoms with Gasteiger partial charge in [-0.25, -0.2) is 14.8 Å². The zero-order chi connectivity index (χ0) is 29.2. The van der Waals surface area contributed by atoms with Crippen LogP contribution in [-0.2, 0) is 4.74 Å². The fraction of sp³-hybridized carbons (Fsp3) is 0.500. The molecule has 0 unspecified atom stereocenters. The fourth-order valence-electron chi connectivity index (χ4n) is 4.19. The van der Waals surface area contributed by atoms with E-state index in [-0.39, 0.29) is 34.9 Å². The first-order valence-corrected chi connectivity index (χ1v) is 12.1. The summed E-state index contributed by atoms with van der Waals surface area (Å²) in [5.41, 5.74) is -0.876. The first-order chi connectivity index (χ1) is 18.1. The van der Waals surface area contributed by atoms with Crippen molar-refractivity contribution in [1.82, 2.24) is 20.6 Å². The third-order valence-corrected chi connectivity index (χ3v) is 6.07. The number of aromatic nitrogens is 2. The van der Waals surface area contributed by atoms with Crippen molar-refractivity contribution in [2.45, 2.75) is 64.4 Å². The van der Waals surface area contributed by atoms with Gasteiger partial charge < -0.3 is 25.0 Å². The third-order valence-electron chi connectivity index (χ3n) is 6.07. The Hall–Kier alpha value is -4.08. The molecule has 210 valence electrons. The molecule has 13 heteroatoms. The highest BCUT2D eigenvalue weighted by molar-refractivity contribution is 6.04. The Morgan fingerprint density at radius 3 is 2.54 bits per heavy atom. The van der Waals surface area contributed by atoms with Crippen LogP contribution >= 0.6 is 0 Å². The molecule has 1 fully saturated rings. The average molecular weight is 549 g/mol. The van der Waals surface area contributed by atoms with E-state index >= 15 is 0 Å². The van der Waals surface area contributed by atoms with Crippen molar-refractivity contribution in [3.05, 3.63) is 35.8 Å². The zero-order valence-corrected chi connectivity index (χ0v) is 22.6. The number of hydrogen-bond donors (Lipinski definition) is 2. The Morgan fingerprint density at radius 1 is 1.26 bits per heavy atom. The summed E-state index contributed by atoms with van der Waals surface area (Å²) in [7, 11) is 1.41. The summed E-state index contributed by atoms with van der Waals surface area (Å²) in [6.45, 7) is 8.32. The molecule has 0 aliphatic carbocycles. The van der Waals surface area contributed by atoms with Crippen molar-refractivity contribution in [3.8, 4) is 23.1 Å². The molecule has 0 bridgehead atoms. The molecule has 2 amide bonds. The summed E-state index contributed by atoms with van der Waals surface area (Å²) in [5.74, 6) is -0.788. The van der Waals surface area contributed by atoms with E-state index in [1.807, 2.05) is 11.4 Å². The van der Waals surface area contributed by atoms with Crippen LogP contribution in [0.3, 0.4) is 0 Å². The number of ether oxygens (including phenoxy) is 2. The SMILES string of the molecule is COc1cc(-c2c(C#N)ncc(C(=O)N[C@@H](C)C(F)(F)F)c2N2CC[C@](C)(NC(=O)OC(C)(C)C)C2)ccn1. The average Bonchev–Trinajstić information content (AvgIpc) is 3.21. The molecule has 10 nitrogen and oxygen atoms in total. The second kappa shape index (κ2) is 11.0. The first kappa shape index (κ1) is 29.5. The maximum Gasteiger partial charge on any atom is 0.408 e. The van der Waals surface area contributed by atoms with E-state index in [4.69, 9.17) is 9.47 Å². The number of rotatable bonds is 6. The predicted octanol–water partition coefficient (Wildman–Crippen LogP) is 4.20. The van der Waals surface area contributed by atoms with E-state index < -0.39 is 35.4 Å². The van der Waals surface area contributed by atoms with Crippen LogP contribution < -0.4 is 20.3 Å². The Balaban J connectivity index is 2.12. The molecule has 2 aromatic heterocycles. The van der Waals surface area contributed by atoms with Crippen LogP contribution in [-0.4, -0.2) is 65.5 Å². The van der Waals surface area contributed by atoms with Crippen LogP contribution in [0.5, 0.6) is 5.88 Å². The highest BCUT2D eigenvalue weighted by Gasteiger charge is 2.41. The number of halogens is 3. The van der Waals surface area contributed by atoms with Crippen molar-refractivity contribution >= 4 is 17.7 Å². The number of methoxy groups -OCH3 is 1. The van der Waals surface area contributed by atoms with Crippen LogP contribution in [0, 0.1) is 11.3 Å². The minimum atomic E-state index is -4.67. The second-order valence-corrected chi connectivity index (χ2v) is 10.5. The zero-order valence-electron chi connectivity index (χ0n) is 22.6. The maximum absolute atomic E-state index is 13.3. The van der Waals surface area contributed by atoms with E-state index in [2.05, 4.69) is 15.3 Å². The molecule has 2 atom stereocenters. The Labute approximate surface area is 224 Å². The lowest BCUT2D eigenvalue weighted by Crippen LogP contribution is -2.49. The number of nitrogens with zero attached hydrogens (tertiary/aromatic N) is 4. The van der Waals surface area contributed by atoms with Crippen LogP contribution in [0.2, 0.25) is 0 Å². The number of nitriles is 1. The highest BCUT2D eigenvalue weighted by atomic mass is 19.4. The van der Waals surface area contributed by atoms with Gasteiger partial charge in [-0.2, -0.15) is 18.4 Å². The summed E-state index contributed by atoms with van der Waals surface area (Å²) in [4.78, 5) is 35.6. The van der Waals surface area contributed by atoms with Gasteiger partial charge in [-0.1, -0.05) is 0 Å². The molecule has 1 aliphatic heterocycles. The van der Waals surface area contributed by atoms with E-state index in [0.29, 0.717) is 18.5 Å². The van der Waals surface area contributed by atoms with Gasteiger partial charge in [0.05, 0.1) is 23.9 Å². The summed E-state index contributed by atoms with van der Waals surface area (Å²) >= 11 is 0. The number of carbonyl (C=O) groups is 2. The van der Waals surface area contributed by atoms with Crippen LogP contribution in [0.4, 0.5) is 23.7 Å². The van der Waals surface area contributed by atoms with Gasteiger partial charge in [-0.15, -0.1) is 0 Å². The number of nitrogens with one attached hydrogen (secondary N) is 2. The van der Waals surface area contributed by atoms with Crippen LogP contribution in [0.15, 0.2) is 24.5 Å². The molecule has 39 heavy (non-hydrogen) atoms. The third kappa shape index (κ3) is 7.07. The lowest BCUT2D eigenvalue weighted by molar-refractivity contribution is -0.149. The van der Waals surface area contributed by atoms with Gasteiger partial charge in [-0.05, 0) is 52.7 Å². The van der Waals surface area contributed by atoms with Crippen LogP contribution in [0.1, 0.15) is 57.1 Å². The largest absolute Gasteiger partial charge is 0.481 e. The lowest BCUT2D eigenvalue weighted by Gasteiger charge is -2.30. The standard InChI is InChI=1S/C26H31F3N6O4/c1-15(26(27,28)29)33-22(36)17-13-32-18(12-30)20(16-7-9-31-19(11-16)38-6)21(17)35-10-8-25(5,14-35)34-23(37)39-24(2,3)4/h7,9,11,13,15H,8,10,14H2,1-6H3,(H,33,36)(H,34,37)/t15-,25-/m0/s1. The minimum Gasteiger partial charge on any atom is -0.481 e. The fourth-order valence-corrected chi connectivity index (χ4v) is 4.19. The molecular formula is C26H31F3N6O4. The van der Waals surface area contributed by atoms with E-state index in [1.165, 1.54) is 19.4 Å². The number of pyridine rings is 2. The van der Waals surface area contributed by atoms with Crippen LogP contribution in [0.25, 0.3) is 11.1 Å². The van der Waals surface area contributed by atoms with Crippen molar-refractivity contribution in [1.29, 1.82) is 5.26 Å². The monoisotopic (exact) mass is 548 g/mol. The van der Waals surface area contributed by atoms with Gasteiger partial charge in [0.1, 0.15) is 23.4 Å². The van der Waals surface area contributed by atoms with Crippen molar-refractivity contribution in [3.63, 3.8) is 0 Å².